The van der Waals surface area contributed by atoms with Gasteiger partial charge in [-0.15, -0.1) is 0 Å². The van der Waals surface area contributed by atoms with E-state index >= 15 is 0 Å². The molecule has 13 heavy (non-hydrogen) atoms. The zero-order valence-electron chi connectivity index (χ0n) is 8.44. The molecule has 1 rings (SSSR count). The van der Waals surface area contributed by atoms with Crippen molar-refractivity contribution in [2.75, 3.05) is 0 Å². The first-order valence-corrected chi connectivity index (χ1v) is 5.02. The maximum absolute atomic E-state index is 11.3. The average Bonchev–Trinajstić information content (AvgIpc) is 2.02. The lowest BCUT2D eigenvalue weighted by atomic mass is 9.97. The number of carbonyl (C=O) groups is 1. The van der Waals surface area contributed by atoms with E-state index in [2.05, 4.69) is 19.6 Å². The Balaban J connectivity index is 2.58. The second kappa shape index (κ2) is 5.00. The molecular formula is C12H18O. The lowest BCUT2D eigenvalue weighted by Crippen LogP contribution is -2.01. The SMILES string of the molecule is C=C1CC(=O)CCCC/C=C(/C)C1. The molecule has 1 heteroatoms. The van der Waals surface area contributed by atoms with Crippen molar-refractivity contribution in [3.8, 4) is 0 Å². The standard InChI is InChI=1S/C12H18O/c1-10-6-4-3-5-7-12(13)9-11(2)8-10/h6H,2-5,7-9H2,1H3/b10-6-. The molecule has 1 aliphatic rings. The number of rotatable bonds is 0. The largest absolute Gasteiger partial charge is 0.299 e. The molecule has 0 saturated carbocycles. The Labute approximate surface area is 80.5 Å². The minimum atomic E-state index is 0.361. The maximum Gasteiger partial charge on any atom is 0.136 e. The second-order valence-corrected chi connectivity index (χ2v) is 3.94. The highest BCUT2D eigenvalue weighted by atomic mass is 16.1. The van der Waals surface area contributed by atoms with Gasteiger partial charge >= 0.3 is 0 Å². The summed E-state index contributed by atoms with van der Waals surface area (Å²) in [6, 6.07) is 0. The zero-order valence-corrected chi connectivity index (χ0v) is 8.44. The van der Waals surface area contributed by atoms with E-state index in [4.69, 9.17) is 0 Å². The highest BCUT2D eigenvalue weighted by Crippen LogP contribution is 2.17. The lowest BCUT2D eigenvalue weighted by molar-refractivity contribution is -0.118. The van der Waals surface area contributed by atoms with E-state index in [9.17, 15) is 4.79 Å². The van der Waals surface area contributed by atoms with Gasteiger partial charge in [0.1, 0.15) is 5.78 Å². The van der Waals surface area contributed by atoms with Crippen LogP contribution in [0.25, 0.3) is 0 Å². The van der Waals surface area contributed by atoms with Crippen molar-refractivity contribution in [2.45, 2.75) is 45.4 Å². The third-order valence-electron chi connectivity index (χ3n) is 2.38. The van der Waals surface area contributed by atoms with Crippen LogP contribution >= 0.6 is 0 Å². The van der Waals surface area contributed by atoms with E-state index in [1.807, 2.05) is 0 Å². The topological polar surface area (TPSA) is 17.1 Å². The Morgan fingerprint density at radius 3 is 2.85 bits per heavy atom. The van der Waals surface area contributed by atoms with Crippen molar-refractivity contribution in [1.29, 1.82) is 0 Å². The van der Waals surface area contributed by atoms with Crippen LogP contribution in [-0.2, 0) is 4.79 Å². The summed E-state index contributed by atoms with van der Waals surface area (Å²) in [5, 5.41) is 0. The molecule has 1 nitrogen and oxygen atoms in total. The van der Waals surface area contributed by atoms with Crippen LogP contribution in [0, 0.1) is 0 Å². The Hall–Kier alpha value is -0.850. The van der Waals surface area contributed by atoms with Crippen LogP contribution in [-0.4, -0.2) is 5.78 Å². The highest BCUT2D eigenvalue weighted by molar-refractivity contribution is 5.80. The van der Waals surface area contributed by atoms with Crippen molar-refractivity contribution in [3.05, 3.63) is 23.8 Å². The lowest BCUT2D eigenvalue weighted by Gasteiger charge is -2.08. The van der Waals surface area contributed by atoms with Gasteiger partial charge in [-0.3, -0.25) is 4.79 Å². The third-order valence-corrected chi connectivity index (χ3v) is 2.38. The Kier molecular flexibility index (Phi) is 3.94. The normalized spacial score (nSPS) is 25.2. The smallest absolute Gasteiger partial charge is 0.136 e. The van der Waals surface area contributed by atoms with Gasteiger partial charge in [-0.25, -0.2) is 0 Å². The first-order valence-electron chi connectivity index (χ1n) is 5.02. The number of hydrogen-bond donors (Lipinski definition) is 0. The Bertz CT molecular complexity index is 236. The fourth-order valence-corrected chi connectivity index (χ4v) is 1.71. The van der Waals surface area contributed by atoms with Crippen LogP contribution in [0.3, 0.4) is 0 Å². The number of carbonyl (C=O) groups excluding carboxylic acids is 1. The highest BCUT2D eigenvalue weighted by Gasteiger charge is 2.06. The zero-order chi connectivity index (χ0) is 9.68. The fraction of sp³-hybridized carbons (Fsp3) is 0.583. The van der Waals surface area contributed by atoms with Crippen LogP contribution in [0.4, 0.5) is 0 Å². The maximum atomic E-state index is 11.3. The molecule has 72 valence electrons. The molecule has 0 radical (unpaired) electrons. The first kappa shape index (κ1) is 10.2. The monoisotopic (exact) mass is 178 g/mol. The Morgan fingerprint density at radius 1 is 1.31 bits per heavy atom. The third kappa shape index (κ3) is 4.07. The predicted molar refractivity (Wildman–Crippen MR) is 55.6 cm³/mol. The molecule has 0 aromatic heterocycles. The molecular weight excluding hydrogens is 160 g/mol. The number of hydrogen-bond acceptors (Lipinski definition) is 1. The summed E-state index contributed by atoms with van der Waals surface area (Å²) < 4.78 is 0. The average molecular weight is 178 g/mol. The number of allylic oxidation sites excluding steroid dienone is 3. The van der Waals surface area contributed by atoms with Crippen LogP contribution in [0.1, 0.15) is 45.4 Å². The van der Waals surface area contributed by atoms with E-state index in [0.717, 1.165) is 37.7 Å². The summed E-state index contributed by atoms with van der Waals surface area (Å²) in [6.07, 6.45) is 7.82. The van der Waals surface area contributed by atoms with E-state index in [0.29, 0.717) is 12.2 Å². The molecule has 0 amide bonds. The molecule has 0 atom stereocenters. The van der Waals surface area contributed by atoms with Crippen LogP contribution in [0.5, 0.6) is 0 Å². The van der Waals surface area contributed by atoms with Crippen molar-refractivity contribution in [2.24, 2.45) is 0 Å². The van der Waals surface area contributed by atoms with Gasteiger partial charge < -0.3 is 0 Å². The van der Waals surface area contributed by atoms with E-state index in [1.165, 1.54) is 5.57 Å². The molecule has 0 spiro atoms. The van der Waals surface area contributed by atoms with Gasteiger partial charge in [0, 0.05) is 12.8 Å². The van der Waals surface area contributed by atoms with E-state index in [1.54, 1.807) is 0 Å². The van der Waals surface area contributed by atoms with Gasteiger partial charge in [0.15, 0.2) is 0 Å². The second-order valence-electron chi connectivity index (χ2n) is 3.94. The van der Waals surface area contributed by atoms with Gasteiger partial charge in [0.05, 0.1) is 0 Å². The van der Waals surface area contributed by atoms with Gasteiger partial charge in [0.25, 0.3) is 0 Å². The molecule has 0 unspecified atom stereocenters. The van der Waals surface area contributed by atoms with E-state index in [-0.39, 0.29) is 0 Å². The summed E-state index contributed by atoms with van der Waals surface area (Å²) in [5.41, 5.74) is 2.43. The van der Waals surface area contributed by atoms with Gasteiger partial charge in [0.2, 0.25) is 0 Å². The molecule has 0 aliphatic heterocycles. The summed E-state index contributed by atoms with van der Waals surface area (Å²) in [7, 11) is 0. The van der Waals surface area contributed by atoms with Crippen LogP contribution in [0.2, 0.25) is 0 Å². The summed E-state index contributed by atoms with van der Waals surface area (Å²) >= 11 is 0. The molecule has 1 aliphatic carbocycles. The minimum Gasteiger partial charge on any atom is -0.299 e. The van der Waals surface area contributed by atoms with Crippen LogP contribution < -0.4 is 0 Å². The van der Waals surface area contributed by atoms with E-state index < -0.39 is 0 Å². The van der Waals surface area contributed by atoms with Crippen molar-refractivity contribution in [1.82, 2.24) is 0 Å². The van der Waals surface area contributed by atoms with Gasteiger partial charge in [-0.1, -0.05) is 23.8 Å². The fourth-order valence-electron chi connectivity index (χ4n) is 1.71. The molecule has 0 bridgehead atoms. The summed E-state index contributed by atoms with van der Waals surface area (Å²) in [5.74, 6) is 0.361. The van der Waals surface area contributed by atoms with Gasteiger partial charge in [-0.2, -0.15) is 0 Å². The number of ketones is 1. The molecule has 0 N–H and O–H groups in total. The molecule has 0 heterocycles. The minimum absolute atomic E-state index is 0.361. The summed E-state index contributed by atoms with van der Waals surface area (Å²) in [4.78, 5) is 11.3. The van der Waals surface area contributed by atoms with Gasteiger partial charge in [-0.05, 0) is 32.6 Å². The summed E-state index contributed by atoms with van der Waals surface area (Å²) in [6.45, 7) is 6.05. The predicted octanol–water partition coefficient (Wildman–Crippen LogP) is 3.41. The molecule has 0 aromatic rings. The molecule has 0 aromatic carbocycles. The molecule has 0 saturated heterocycles. The molecule has 0 fully saturated rings. The van der Waals surface area contributed by atoms with Crippen molar-refractivity contribution in [3.63, 3.8) is 0 Å². The number of Topliss-reactive ketones (excluding diaryl/α,β-unsaturated/α-hetero) is 1. The van der Waals surface area contributed by atoms with Crippen LogP contribution in [0.15, 0.2) is 23.8 Å². The van der Waals surface area contributed by atoms with Crippen molar-refractivity contribution < 1.29 is 4.79 Å². The van der Waals surface area contributed by atoms with Crippen molar-refractivity contribution >= 4 is 5.78 Å². The Morgan fingerprint density at radius 2 is 2.08 bits per heavy atom. The first-order chi connectivity index (χ1) is 6.18. The quantitative estimate of drug-likeness (QED) is 0.519.